The normalized spacial score (nSPS) is 27.6. The average molecular weight is 372 g/mol. The van der Waals surface area contributed by atoms with Gasteiger partial charge in [0.05, 0.1) is 32.1 Å². The number of hydrogen-bond acceptors (Lipinski definition) is 6. The molecule has 2 aliphatic heterocycles. The van der Waals surface area contributed by atoms with Crippen molar-refractivity contribution in [2.45, 2.75) is 24.5 Å². The third kappa shape index (κ3) is 4.38. The quantitative estimate of drug-likeness (QED) is 0.754. The number of ether oxygens (including phenoxy) is 2. The Kier molecular flexibility index (Phi) is 5.14. The van der Waals surface area contributed by atoms with Gasteiger partial charge in [0.2, 0.25) is 10.0 Å². The van der Waals surface area contributed by atoms with E-state index in [1.54, 1.807) is 28.9 Å². The topological polar surface area (TPSA) is 103 Å². The number of nitrogens with zero attached hydrogens (tertiary/aromatic N) is 3. The number of nitrogens with one attached hydrogen (secondary N) is 1. The molecular weight excluding hydrogens is 348 g/mol. The summed E-state index contributed by atoms with van der Waals surface area (Å²) in [5, 5.41) is 4.05. The Morgan fingerprint density at radius 2 is 2.32 bits per heavy atom. The number of carbonyl (C=O) groups excluding carboxylic acids is 1. The van der Waals surface area contributed by atoms with Crippen LogP contribution in [-0.2, 0) is 26.5 Å². The fourth-order valence-electron chi connectivity index (χ4n) is 3.33. The van der Waals surface area contributed by atoms with E-state index in [2.05, 4.69) is 9.82 Å². The number of carbonyl (C=O) groups is 1. The van der Waals surface area contributed by atoms with E-state index < -0.39 is 15.6 Å². The number of rotatable bonds is 4. The molecule has 140 valence electrons. The first-order chi connectivity index (χ1) is 11.8. The Hall–Kier alpha value is -1.49. The first kappa shape index (κ1) is 18.3. The molecular formula is C15H24N4O5S. The van der Waals surface area contributed by atoms with Gasteiger partial charge in [-0.1, -0.05) is 0 Å². The Morgan fingerprint density at radius 1 is 1.52 bits per heavy atom. The molecule has 0 unspecified atom stereocenters. The number of aromatic nitrogens is 2. The Labute approximate surface area is 147 Å². The van der Waals surface area contributed by atoms with Gasteiger partial charge in [-0.25, -0.2) is 13.1 Å². The van der Waals surface area contributed by atoms with Gasteiger partial charge in [-0.05, 0) is 18.9 Å². The van der Waals surface area contributed by atoms with Crippen LogP contribution in [0, 0.1) is 0 Å². The molecule has 25 heavy (non-hydrogen) atoms. The molecule has 3 heterocycles. The summed E-state index contributed by atoms with van der Waals surface area (Å²) in [6.07, 6.45) is 3.94. The fraction of sp³-hybridized carbons (Fsp3) is 0.733. The molecule has 0 aliphatic carbocycles. The molecule has 0 aromatic carbocycles. The van der Waals surface area contributed by atoms with E-state index >= 15 is 0 Å². The van der Waals surface area contributed by atoms with Gasteiger partial charge in [0.25, 0.3) is 5.91 Å². The summed E-state index contributed by atoms with van der Waals surface area (Å²) in [4.78, 5) is 14.5. The third-order valence-corrected chi connectivity index (χ3v) is 5.28. The monoisotopic (exact) mass is 372 g/mol. The molecule has 0 radical (unpaired) electrons. The fourth-order valence-corrected chi connectivity index (χ4v) is 3.82. The molecule has 0 bridgehead atoms. The maximum Gasteiger partial charge on any atom is 0.272 e. The van der Waals surface area contributed by atoms with Gasteiger partial charge in [-0.15, -0.1) is 0 Å². The van der Waals surface area contributed by atoms with Crippen molar-refractivity contribution in [2.75, 3.05) is 39.1 Å². The van der Waals surface area contributed by atoms with Gasteiger partial charge < -0.3 is 14.4 Å². The summed E-state index contributed by atoms with van der Waals surface area (Å²) in [5.74, 6) is -0.105. The highest BCUT2D eigenvalue weighted by molar-refractivity contribution is 7.88. The molecule has 1 aromatic rings. The van der Waals surface area contributed by atoms with Gasteiger partial charge in [-0.2, -0.15) is 5.10 Å². The number of aryl methyl sites for hydroxylation is 1. The van der Waals surface area contributed by atoms with Crippen molar-refractivity contribution in [3.05, 3.63) is 18.0 Å². The van der Waals surface area contributed by atoms with Gasteiger partial charge >= 0.3 is 0 Å². The summed E-state index contributed by atoms with van der Waals surface area (Å²) in [6, 6.07) is 1.69. The molecule has 2 fully saturated rings. The van der Waals surface area contributed by atoms with Crippen LogP contribution in [0.15, 0.2) is 12.3 Å². The van der Waals surface area contributed by atoms with Crippen LogP contribution in [0.2, 0.25) is 0 Å². The third-order valence-electron chi connectivity index (χ3n) is 4.59. The molecule has 9 nitrogen and oxygen atoms in total. The van der Waals surface area contributed by atoms with Crippen LogP contribution in [0.4, 0.5) is 0 Å². The molecule has 2 saturated heterocycles. The van der Waals surface area contributed by atoms with Crippen molar-refractivity contribution >= 4 is 15.9 Å². The lowest BCUT2D eigenvalue weighted by molar-refractivity contribution is -0.0819. The first-order valence-electron chi connectivity index (χ1n) is 8.25. The molecule has 2 atom stereocenters. The maximum absolute atomic E-state index is 12.8. The number of amides is 1. The second-order valence-electron chi connectivity index (χ2n) is 6.70. The van der Waals surface area contributed by atoms with Gasteiger partial charge in [0.1, 0.15) is 11.3 Å². The van der Waals surface area contributed by atoms with Crippen molar-refractivity contribution in [2.24, 2.45) is 7.05 Å². The van der Waals surface area contributed by atoms with E-state index in [9.17, 15) is 13.2 Å². The van der Waals surface area contributed by atoms with E-state index in [4.69, 9.17) is 9.47 Å². The highest BCUT2D eigenvalue weighted by atomic mass is 32.2. The minimum Gasteiger partial charge on any atom is -0.377 e. The molecule has 1 N–H and O–H groups in total. The van der Waals surface area contributed by atoms with Crippen LogP contribution in [0.3, 0.4) is 0 Å². The second-order valence-corrected chi connectivity index (χ2v) is 8.53. The minimum atomic E-state index is -3.26. The highest BCUT2D eigenvalue weighted by Crippen LogP contribution is 2.33. The van der Waals surface area contributed by atoms with Gasteiger partial charge in [0, 0.05) is 26.3 Å². The van der Waals surface area contributed by atoms with Crippen LogP contribution in [0.5, 0.6) is 0 Å². The minimum absolute atomic E-state index is 0.105. The maximum atomic E-state index is 12.8. The SMILES string of the molecule is Cn1nccc1C(=O)N1CCOC[C@]2(CC[C@@H](CNS(C)(=O)=O)O2)C1. The zero-order valence-corrected chi connectivity index (χ0v) is 15.3. The van der Waals surface area contributed by atoms with Crippen LogP contribution in [0.25, 0.3) is 0 Å². The van der Waals surface area contributed by atoms with E-state index in [1.807, 2.05) is 0 Å². The Balaban J connectivity index is 1.68. The smallest absolute Gasteiger partial charge is 0.272 e. The number of hydrogen-bond donors (Lipinski definition) is 1. The van der Waals surface area contributed by atoms with Crippen LogP contribution in [0.1, 0.15) is 23.3 Å². The lowest BCUT2D eigenvalue weighted by atomic mass is 10.00. The molecule has 3 rings (SSSR count). The summed E-state index contributed by atoms with van der Waals surface area (Å²) in [6.45, 7) is 1.99. The summed E-state index contributed by atoms with van der Waals surface area (Å²) in [5.41, 5.74) is -0.0699. The van der Waals surface area contributed by atoms with E-state index in [0.29, 0.717) is 32.0 Å². The van der Waals surface area contributed by atoms with Crippen LogP contribution < -0.4 is 4.72 Å². The first-order valence-corrected chi connectivity index (χ1v) is 10.1. The van der Waals surface area contributed by atoms with Crippen molar-refractivity contribution in [3.63, 3.8) is 0 Å². The molecule has 1 spiro atoms. The lowest BCUT2D eigenvalue weighted by Gasteiger charge is -2.32. The van der Waals surface area contributed by atoms with Crippen LogP contribution >= 0.6 is 0 Å². The van der Waals surface area contributed by atoms with E-state index in [0.717, 1.165) is 19.1 Å². The Bertz CT molecular complexity index is 734. The summed E-state index contributed by atoms with van der Waals surface area (Å²) < 4.78 is 38.4. The van der Waals surface area contributed by atoms with Gasteiger partial charge in [0.15, 0.2) is 0 Å². The summed E-state index contributed by atoms with van der Waals surface area (Å²) >= 11 is 0. The molecule has 10 heteroatoms. The molecule has 1 aromatic heterocycles. The molecule has 0 saturated carbocycles. The predicted octanol–water partition coefficient (Wildman–Crippen LogP) is -0.640. The van der Waals surface area contributed by atoms with Crippen molar-refractivity contribution in [1.29, 1.82) is 0 Å². The summed E-state index contributed by atoms with van der Waals surface area (Å²) in [7, 11) is -1.52. The van der Waals surface area contributed by atoms with Crippen LogP contribution in [-0.4, -0.2) is 79.8 Å². The predicted molar refractivity (Wildman–Crippen MR) is 89.6 cm³/mol. The zero-order valence-electron chi connectivity index (χ0n) is 14.5. The van der Waals surface area contributed by atoms with Gasteiger partial charge in [-0.3, -0.25) is 9.48 Å². The lowest BCUT2D eigenvalue weighted by Crippen LogP contribution is -2.47. The largest absolute Gasteiger partial charge is 0.377 e. The molecule has 2 aliphatic rings. The molecule has 1 amide bonds. The Morgan fingerprint density at radius 3 is 3.00 bits per heavy atom. The average Bonchev–Trinajstić information content (AvgIpc) is 3.07. The highest BCUT2D eigenvalue weighted by Gasteiger charge is 2.44. The van der Waals surface area contributed by atoms with E-state index in [1.165, 1.54) is 0 Å². The zero-order chi connectivity index (χ0) is 18.1. The second kappa shape index (κ2) is 7.02. The number of sulfonamides is 1. The standard InChI is InChI=1S/C15H24N4O5S/c1-18-13(4-6-16-18)14(20)19-7-8-23-11-15(10-19)5-3-12(24-15)9-17-25(2,21)22/h4,6,12,17H,3,5,7-11H2,1-2H3/t12-,15-/m0/s1. The van der Waals surface area contributed by atoms with Crippen molar-refractivity contribution in [1.82, 2.24) is 19.4 Å². The van der Waals surface area contributed by atoms with E-state index in [-0.39, 0.29) is 18.6 Å². The van der Waals surface area contributed by atoms with Crippen molar-refractivity contribution in [3.8, 4) is 0 Å². The van der Waals surface area contributed by atoms with Crippen molar-refractivity contribution < 1.29 is 22.7 Å².